The molecule has 20 heavy (non-hydrogen) atoms. The third-order valence-electron chi connectivity index (χ3n) is 4.10. The Morgan fingerprint density at radius 2 is 2.15 bits per heavy atom. The Hall–Kier alpha value is -1.88. The lowest BCUT2D eigenvalue weighted by molar-refractivity contribution is -0.135. The van der Waals surface area contributed by atoms with E-state index in [4.69, 9.17) is 5.11 Å². The number of hydrogen-bond acceptors (Lipinski definition) is 2. The number of aliphatic hydroxyl groups is 1. The van der Waals surface area contributed by atoms with Crippen molar-refractivity contribution in [2.75, 3.05) is 19.7 Å². The molecule has 0 aliphatic carbocycles. The van der Waals surface area contributed by atoms with Gasteiger partial charge < -0.3 is 15.0 Å². The molecule has 1 saturated heterocycles. The van der Waals surface area contributed by atoms with E-state index in [-0.39, 0.29) is 11.7 Å². The Kier molecular flexibility index (Phi) is 3.44. The summed E-state index contributed by atoms with van der Waals surface area (Å²) >= 11 is 0. The van der Waals surface area contributed by atoms with Crippen LogP contribution in [-0.4, -0.2) is 40.6 Å². The minimum atomic E-state index is -0.420. The standard InChI is InChI=1S/C15H17FN2O2/c16-11-1-2-12-13(8-17-14(12)7-11)10-3-5-18(6-4-10)15(20)9-19/h1-2,7-8,10,17,19H,3-6,9H2. The minimum Gasteiger partial charge on any atom is -0.387 e. The summed E-state index contributed by atoms with van der Waals surface area (Å²) in [5, 5.41) is 9.93. The number of carbonyl (C=O) groups excluding carboxylic acids is 1. The van der Waals surface area contributed by atoms with Gasteiger partial charge in [0.2, 0.25) is 5.91 Å². The largest absolute Gasteiger partial charge is 0.387 e. The molecule has 106 valence electrons. The van der Waals surface area contributed by atoms with Gasteiger partial charge in [-0.2, -0.15) is 0 Å². The van der Waals surface area contributed by atoms with Crippen LogP contribution in [0.4, 0.5) is 4.39 Å². The van der Waals surface area contributed by atoms with E-state index in [9.17, 15) is 9.18 Å². The van der Waals surface area contributed by atoms with Crippen LogP contribution in [0.2, 0.25) is 0 Å². The lowest BCUT2D eigenvalue weighted by Gasteiger charge is -2.31. The van der Waals surface area contributed by atoms with Crippen molar-refractivity contribution in [3.63, 3.8) is 0 Å². The molecule has 0 unspecified atom stereocenters. The molecule has 3 rings (SSSR count). The summed E-state index contributed by atoms with van der Waals surface area (Å²) in [5.41, 5.74) is 2.00. The molecule has 2 N–H and O–H groups in total. The average molecular weight is 276 g/mol. The minimum absolute atomic E-state index is 0.204. The fourth-order valence-electron chi connectivity index (χ4n) is 3.00. The number of H-pyrrole nitrogens is 1. The summed E-state index contributed by atoms with van der Waals surface area (Å²) in [4.78, 5) is 16.2. The van der Waals surface area contributed by atoms with Gasteiger partial charge in [0.05, 0.1) is 0 Å². The predicted molar refractivity (Wildman–Crippen MR) is 73.9 cm³/mol. The van der Waals surface area contributed by atoms with E-state index in [2.05, 4.69) is 4.98 Å². The van der Waals surface area contributed by atoms with Crippen LogP contribution in [0.1, 0.15) is 24.3 Å². The third-order valence-corrected chi connectivity index (χ3v) is 4.10. The van der Waals surface area contributed by atoms with Gasteiger partial charge in [-0.3, -0.25) is 4.79 Å². The Labute approximate surface area is 116 Å². The van der Waals surface area contributed by atoms with E-state index >= 15 is 0 Å². The first-order chi connectivity index (χ1) is 9.69. The number of hydrogen-bond donors (Lipinski definition) is 2. The topological polar surface area (TPSA) is 56.3 Å². The van der Waals surface area contributed by atoms with Crippen LogP contribution in [0.3, 0.4) is 0 Å². The van der Waals surface area contributed by atoms with Gasteiger partial charge >= 0.3 is 0 Å². The van der Waals surface area contributed by atoms with E-state index in [1.807, 2.05) is 12.3 Å². The number of piperidine rings is 1. The second-order valence-electron chi connectivity index (χ2n) is 5.25. The fourth-order valence-corrected chi connectivity index (χ4v) is 3.00. The number of amides is 1. The second kappa shape index (κ2) is 5.25. The molecule has 1 amide bonds. The second-order valence-corrected chi connectivity index (χ2v) is 5.25. The maximum Gasteiger partial charge on any atom is 0.248 e. The number of aliphatic hydroxyl groups excluding tert-OH is 1. The molecular weight excluding hydrogens is 259 g/mol. The molecule has 1 fully saturated rings. The number of nitrogens with zero attached hydrogens (tertiary/aromatic N) is 1. The highest BCUT2D eigenvalue weighted by Gasteiger charge is 2.24. The molecule has 2 aromatic rings. The van der Waals surface area contributed by atoms with Gasteiger partial charge in [0.25, 0.3) is 0 Å². The molecule has 5 heteroatoms. The lowest BCUT2D eigenvalue weighted by Crippen LogP contribution is -2.39. The smallest absolute Gasteiger partial charge is 0.248 e. The highest BCUT2D eigenvalue weighted by atomic mass is 19.1. The Morgan fingerprint density at radius 1 is 1.40 bits per heavy atom. The summed E-state index contributed by atoms with van der Waals surface area (Å²) in [5.74, 6) is -0.0735. The van der Waals surface area contributed by atoms with E-state index in [1.54, 1.807) is 4.90 Å². The maximum atomic E-state index is 13.2. The number of benzene rings is 1. The van der Waals surface area contributed by atoms with Crippen molar-refractivity contribution in [1.82, 2.24) is 9.88 Å². The number of halogens is 1. The number of fused-ring (bicyclic) bond motifs is 1. The van der Waals surface area contributed by atoms with Gasteiger partial charge in [-0.1, -0.05) is 0 Å². The van der Waals surface area contributed by atoms with Crippen molar-refractivity contribution in [1.29, 1.82) is 0 Å². The molecule has 2 heterocycles. The van der Waals surface area contributed by atoms with Crippen LogP contribution in [0.5, 0.6) is 0 Å². The summed E-state index contributed by atoms with van der Waals surface area (Å²) in [6.45, 7) is 0.910. The molecule has 0 bridgehead atoms. The molecular formula is C15H17FN2O2. The number of aromatic nitrogens is 1. The van der Waals surface area contributed by atoms with Gasteiger partial charge in [-0.25, -0.2) is 4.39 Å². The number of aromatic amines is 1. The maximum absolute atomic E-state index is 13.2. The zero-order chi connectivity index (χ0) is 14.1. The molecule has 4 nitrogen and oxygen atoms in total. The van der Waals surface area contributed by atoms with Crippen LogP contribution in [0, 0.1) is 5.82 Å². The van der Waals surface area contributed by atoms with E-state index in [0.29, 0.717) is 19.0 Å². The zero-order valence-electron chi connectivity index (χ0n) is 11.1. The molecule has 0 saturated carbocycles. The van der Waals surface area contributed by atoms with Crippen molar-refractivity contribution >= 4 is 16.8 Å². The first kappa shape index (κ1) is 13.1. The normalized spacial score (nSPS) is 16.8. The zero-order valence-corrected chi connectivity index (χ0v) is 11.1. The molecule has 1 aromatic carbocycles. The van der Waals surface area contributed by atoms with Crippen LogP contribution >= 0.6 is 0 Å². The predicted octanol–water partition coefficient (Wildman–Crippen LogP) is 2.01. The quantitative estimate of drug-likeness (QED) is 0.881. The molecule has 0 spiro atoms. The monoisotopic (exact) mass is 276 g/mol. The summed E-state index contributed by atoms with van der Waals surface area (Å²) < 4.78 is 13.2. The molecule has 1 aliphatic rings. The van der Waals surface area contributed by atoms with E-state index < -0.39 is 6.61 Å². The third kappa shape index (κ3) is 2.29. The van der Waals surface area contributed by atoms with Gasteiger partial charge in [0, 0.05) is 30.2 Å². The SMILES string of the molecule is O=C(CO)N1CCC(c2c[nH]c3cc(F)ccc23)CC1. The van der Waals surface area contributed by atoms with Crippen molar-refractivity contribution < 1.29 is 14.3 Å². The van der Waals surface area contributed by atoms with Crippen LogP contribution in [0.15, 0.2) is 24.4 Å². The van der Waals surface area contributed by atoms with Crippen molar-refractivity contribution in [2.24, 2.45) is 0 Å². The van der Waals surface area contributed by atoms with E-state index in [0.717, 1.165) is 23.7 Å². The molecule has 0 atom stereocenters. The molecule has 1 aromatic heterocycles. The Balaban J connectivity index is 1.78. The highest BCUT2D eigenvalue weighted by molar-refractivity contribution is 5.84. The van der Waals surface area contributed by atoms with Crippen LogP contribution in [0.25, 0.3) is 10.9 Å². The van der Waals surface area contributed by atoms with Gasteiger partial charge in [-0.05, 0) is 42.5 Å². The summed E-state index contributed by atoms with van der Waals surface area (Å²) in [6, 6.07) is 4.79. The summed E-state index contributed by atoms with van der Waals surface area (Å²) in [6.07, 6.45) is 3.68. The van der Waals surface area contributed by atoms with Crippen molar-refractivity contribution in [3.8, 4) is 0 Å². The number of nitrogens with one attached hydrogen (secondary N) is 1. The summed E-state index contributed by atoms with van der Waals surface area (Å²) in [7, 11) is 0. The van der Waals surface area contributed by atoms with Crippen molar-refractivity contribution in [3.05, 3.63) is 35.8 Å². The van der Waals surface area contributed by atoms with Crippen molar-refractivity contribution in [2.45, 2.75) is 18.8 Å². The number of likely N-dealkylation sites (tertiary alicyclic amines) is 1. The Bertz CT molecular complexity index is 630. The van der Waals surface area contributed by atoms with Crippen LogP contribution in [-0.2, 0) is 4.79 Å². The van der Waals surface area contributed by atoms with Gasteiger partial charge in [0.1, 0.15) is 12.4 Å². The lowest BCUT2D eigenvalue weighted by atomic mass is 9.89. The highest BCUT2D eigenvalue weighted by Crippen LogP contribution is 2.33. The molecule has 0 radical (unpaired) electrons. The van der Waals surface area contributed by atoms with Gasteiger partial charge in [0.15, 0.2) is 0 Å². The van der Waals surface area contributed by atoms with Gasteiger partial charge in [-0.15, -0.1) is 0 Å². The first-order valence-electron chi connectivity index (χ1n) is 6.84. The van der Waals surface area contributed by atoms with E-state index in [1.165, 1.54) is 17.7 Å². The molecule has 1 aliphatic heterocycles. The average Bonchev–Trinajstić information content (AvgIpc) is 2.89. The van der Waals surface area contributed by atoms with Crippen LogP contribution < -0.4 is 0 Å². The Morgan fingerprint density at radius 3 is 2.85 bits per heavy atom. The number of rotatable bonds is 2. The first-order valence-corrected chi connectivity index (χ1v) is 6.84. The number of carbonyl (C=O) groups is 1. The fraction of sp³-hybridized carbons (Fsp3) is 0.400.